The highest BCUT2D eigenvalue weighted by molar-refractivity contribution is 9.10. The number of nitrogens with one attached hydrogen (secondary N) is 1. The Bertz CT molecular complexity index is 739. The van der Waals surface area contributed by atoms with E-state index in [1.165, 1.54) is 30.5 Å². The molecule has 0 aliphatic heterocycles. The molecule has 0 heterocycles. The highest BCUT2D eigenvalue weighted by Gasteiger charge is 2.29. The van der Waals surface area contributed by atoms with E-state index >= 15 is 0 Å². The second kappa shape index (κ2) is 6.95. The first-order valence-corrected chi connectivity index (χ1v) is 7.16. The van der Waals surface area contributed by atoms with Crippen LogP contribution >= 0.6 is 15.9 Å². The zero-order valence-electron chi connectivity index (χ0n) is 11.5. The molecule has 1 N–H and O–H groups in total. The first-order valence-electron chi connectivity index (χ1n) is 6.37. The molecular formula is C16H10BrF4NO. The Balaban J connectivity index is 2.04. The number of carbonyl (C=O) groups excluding carboxylic acids is 1. The number of hydrogen-bond acceptors (Lipinski definition) is 2. The van der Waals surface area contributed by atoms with Gasteiger partial charge in [-0.1, -0.05) is 15.9 Å². The number of hydrogen-bond donors (Lipinski definition) is 1. The molecule has 0 atom stereocenters. The highest BCUT2D eigenvalue weighted by Crippen LogP contribution is 2.29. The molecular weight excluding hydrogens is 378 g/mol. The van der Waals surface area contributed by atoms with Crippen molar-refractivity contribution in [3.05, 3.63) is 76.2 Å². The summed E-state index contributed by atoms with van der Waals surface area (Å²) in [6.45, 7) is 0. The van der Waals surface area contributed by atoms with Gasteiger partial charge in [0.05, 0.1) is 11.1 Å². The van der Waals surface area contributed by atoms with Crippen LogP contribution < -0.4 is 5.32 Å². The van der Waals surface area contributed by atoms with Gasteiger partial charge >= 0.3 is 6.18 Å². The van der Waals surface area contributed by atoms with Gasteiger partial charge in [-0.3, -0.25) is 4.79 Å². The van der Waals surface area contributed by atoms with Crippen LogP contribution in [0.1, 0.15) is 15.9 Å². The fourth-order valence-corrected chi connectivity index (χ4v) is 2.11. The van der Waals surface area contributed by atoms with E-state index in [0.717, 1.165) is 24.3 Å². The first kappa shape index (κ1) is 17.2. The molecule has 0 spiro atoms. The molecule has 120 valence electrons. The lowest BCUT2D eigenvalue weighted by atomic mass is 10.1. The molecule has 0 fully saturated rings. The molecule has 23 heavy (non-hydrogen) atoms. The van der Waals surface area contributed by atoms with Crippen LogP contribution in [0.2, 0.25) is 0 Å². The van der Waals surface area contributed by atoms with Crippen LogP contribution in [0.4, 0.5) is 23.2 Å². The lowest BCUT2D eigenvalue weighted by molar-refractivity contribution is -0.137. The Hall–Kier alpha value is -2.15. The summed E-state index contributed by atoms with van der Waals surface area (Å²) in [4.78, 5) is 11.9. The van der Waals surface area contributed by atoms with Gasteiger partial charge in [0.15, 0.2) is 5.78 Å². The number of carbonyl (C=O) groups is 1. The van der Waals surface area contributed by atoms with Gasteiger partial charge in [-0.25, -0.2) is 4.39 Å². The lowest BCUT2D eigenvalue weighted by Gasteiger charge is -2.07. The van der Waals surface area contributed by atoms with E-state index in [1.54, 1.807) is 0 Å². The van der Waals surface area contributed by atoms with Crippen molar-refractivity contribution in [1.82, 2.24) is 0 Å². The number of rotatable bonds is 4. The number of allylic oxidation sites excluding steroid dienone is 1. The first-order chi connectivity index (χ1) is 10.8. The normalized spacial score (nSPS) is 11.7. The Morgan fingerprint density at radius 1 is 1.09 bits per heavy atom. The van der Waals surface area contributed by atoms with Gasteiger partial charge in [0, 0.05) is 22.4 Å². The van der Waals surface area contributed by atoms with Crippen molar-refractivity contribution in [2.24, 2.45) is 0 Å². The van der Waals surface area contributed by atoms with E-state index in [2.05, 4.69) is 21.2 Å². The molecule has 0 saturated heterocycles. The third-order valence-corrected chi connectivity index (χ3v) is 3.38. The Morgan fingerprint density at radius 2 is 1.74 bits per heavy atom. The number of benzene rings is 2. The smallest absolute Gasteiger partial charge is 0.362 e. The Labute approximate surface area is 137 Å². The minimum atomic E-state index is -4.40. The fourth-order valence-electron chi connectivity index (χ4n) is 1.75. The lowest BCUT2D eigenvalue weighted by Crippen LogP contribution is -2.04. The van der Waals surface area contributed by atoms with Gasteiger partial charge in [0.25, 0.3) is 0 Å². The van der Waals surface area contributed by atoms with Gasteiger partial charge in [-0.05, 0) is 42.5 Å². The van der Waals surface area contributed by atoms with E-state index in [4.69, 9.17) is 0 Å². The van der Waals surface area contributed by atoms with Crippen LogP contribution in [-0.2, 0) is 6.18 Å². The van der Waals surface area contributed by atoms with E-state index in [1.807, 2.05) is 0 Å². The molecule has 0 amide bonds. The second-order valence-electron chi connectivity index (χ2n) is 4.54. The highest BCUT2D eigenvalue weighted by atomic mass is 79.9. The standard InChI is InChI=1S/C16H10BrF4NO/c17-11-3-6-14(18)13(9-11)15(23)7-8-22-12-4-1-10(2-5-12)16(19,20)21/h1-9,22H/b8-7+. The van der Waals surface area contributed by atoms with Gasteiger partial charge in [-0.15, -0.1) is 0 Å². The topological polar surface area (TPSA) is 29.1 Å². The minimum absolute atomic E-state index is 0.107. The van der Waals surface area contributed by atoms with Gasteiger partial charge in [-0.2, -0.15) is 13.2 Å². The number of alkyl halides is 3. The van der Waals surface area contributed by atoms with E-state index in [-0.39, 0.29) is 5.56 Å². The minimum Gasteiger partial charge on any atom is -0.362 e. The summed E-state index contributed by atoms with van der Waals surface area (Å²) in [6, 6.07) is 8.29. The van der Waals surface area contributed by atoms with Gasteiger partial charge in [0.2, 0.25) is 0 Å². The van der Waals surface area contributed by atoms with E-state index < -0.39 is 23.3 Å². The predicted octanol–water partition coefficient (Wildman–Crippen LogP) is 5.42. The zero-order chi connectivity index (χ0) is 17.0. The van der Waals surface area contributed by atoms with Crippen LogP contribution in [0.3, 0.4) is 0 Å². The monoisotopic (exact) mass is 387 g/mol. The summed E-state index contributed by atoms with van der Waals surface area (Å²) >= 11 is 3.14. The molecule has 2 rings (SSSR count). The number of halogens is 5. The Morgan fingerprint density at radius 3 is 2.35 bits per heavy atom. The maximum absolute atomic E-state index is 13.5. The SMILES string of the molecule is O=C(/C=C/Nc1ccc(C(F)(F)F)cc1)c1cc(Br)ccc1F. The summed E-state index contributed by atoms with van der Waals surface area (Å²) in [6.07, 6.45) is -2.06. The summed E-state index contributed by atoms with van der Waals surface area (Å²) in [5.41, 5.74) is -0.499. The molecule has 0 bridgehead atoms. The van der Waals surface area contributed by atoms with Crippen molar-refractivity contribution < 1.29 is 22.4 Å². The molecule has 7 heteroatoms. The second-order valence-corrected chi connectivity index (χ2v) is 5.46. The predicted molar refractivity (Wildman–Crippen MR) is 82.6 cm³/mol. The summed E-state index contributed by atoms with van der Waals surface area (Å²) in [5.74, 6) is -1.22. The van der Waals surface area contributed by atoms with Gasteiger partial charge in [0.1, 0.15) is 5.82 Å². The van der Waals surface area contributed by atoms with E-state index in [9.17, 15) is 22.4 Å². The molecule has 2 aromatic carbocycles. The molecule has 0 radical (unpaired) electrons. The van der Waals surface area contributed by atoms with Crippen LogP contribution in [-0.4, -0.2) is 5.78 Å². The van der Waals surface area contributed by atoms with Crippen molar-refractivity contribution in [3.63, 3.8) is 0 Å². The molecule has 0 unspecified atom stereocenters. The van der Waals surface area contributed by atoms with Crippen LogP contribution in [0.15, 0.2) is 59.2 Å². The van der Waals surface area contributed by atoms with Crippen LogP contribution in [0.5, 0.6) is 0 Å². The largest absolute Gasteiger partial charge is 0.416 e. The third kappa shape index (κ3) is 4.66. The summed E-state index contributed by atoms with van der Waals surface area (Å²) < 4.78 is 51.3. The average Bonchev–Trinajstić information content (AvgIpc) is 2.49. The Kier molecular flexibility index (Phi) is 5.20. The van der Waals surface area contributed by atoms with Crippen molar-refractivity contribution in [2.75, 3.05) is 5.32 Å². The van der Waals surface area contributed by atoms with Gasteiger partial charge < -0.3 is 5.32 Å². The molecule has 0 saturated carbocycles. The van der Waals surface area contributed by atoms with Crippen molar-refractivity contribution in [3.8, 4) is 0 Å². The maximum Gasteiger partial charge on any atom is 0.416 e. The number of ketones is 1. The molecule has 2 nitrogen and oxygen atoms in total. The molecule has 0 aromatic heterocycles. The van der Waals surface area contributed by atoms with Crippen LogP contribution in [0.25, 0.3) is 0 Å². The summed E-state index contributed by atoms with van der Waals surface area (Å²) in [5, 5.41) is 2.66. The van der Waals surface area contributed by atoms with Crippen molar-refractivity contribution >= 4 is 27.4 Å². The zero-order valence-corrected chi connectivity index (χ0v) is 13.1. The quantitative estimate of drug-likeness (QED) is 0.431. The summed E-state index contributed by atoms with van der Waals surface area (Å²) in [7, 11) is 0. The van der Waals surface area contributed by atoms with Crippen molar-refractivity contribution in [1.29, 1.82) is 0 Å². The fraction of sp³-hybridized carbons (Fsp3) is 0.0625. The number of anilines is 1. The third-order valence-electron chi connectivity index (χ3n) is 2.89. The van der Waals surface area contributed by atoms with E-state index in [0.29, 0.717) is 10.2 Å². The average molecular weight is 388 g/mol. The molecule has 0 aliphatic carbocycles. The molecule has 2 aromatic rings. The van der Waals surface area contributed by atoms with Crippen molar-refractivity contribution in [2.45, 2.75) is 6.18 Å². The van der Waals surface area contributed by atoms with Crippen LogP contribution in [0, 0.1) is 5.82 Å². The maximum atomic E-state index is 13.5. The molecule has 0 aliphatic rings.